The number of carbonyl (C=O) groups excluding carboxylic acids is 2. The Kier molecular flexibility index (Phi) is 10.4. The minimum Gasteiger partial charge on any atom is -0.481 e. The van der Waals surface area contributed by atoms with Crippen LogP contribution in [0, 0.1) is 0 Å². The van der Waals surface area contributed by atoms with Gasteiger partial charge in [0.2, 0.25) is 11.9 Å². The summed E-state index contributed by atoms with van der Waals surface area (Å²) in [6.45, 7) is 2.03. The Hall–Kier alpha value is -5.21. The zero-order chi connectivity index (χ0) is 31.0. The molecule has 0 aliphatic heterocycles. The average Bonchev–Trinajstić information content (AvgIpc) is 3.34. The number of carbonyl (C=O) groups is 5. The molecule has 2 aromatic heterocycles. The minimum atomic E-state index is -1.43. The molecule has 0 saturated heterocycles. The zero-order valence-electron chi connectivity index (χ0n) is 22.8. The molecule has 2 heterocycles. The van der Waals surface area contributed by atoms with Crippen molar-refractivity contribution in [2.24, 2.45) is 0 Å². The smallest absolute Gasteiger partial charge is 0.326 e. The Bertz CT molecular complexity index is 1470. The molecule has 0 bridgehead atoms. The first-order valence-electron chi connectivity index (χ1n) is 13.1. The van der Waals surface area contributed by atoms with Crippen molar-refractivity contribution in [3.63, 3.8) is 0 Å². The number of H-pyrrole nitrogens is 1. The van der Waals surface area contributed by atoms with Crippen LogP contribution < -0.4 is 22.1 Å². The van der Waals surface area contributed by atoms with Crippen molar-refractivity contribution in [3.05, 3.63) is 47.2 Å². The van der Waals surface area contributed by atoms with Gasteiger partial charge in [0.05, 0.1) is 5.39 Å². The minimum absolute atomic E-state index is 0.0879. The molecule has 0 fully saturated rings. The summed E-state index contributed by atoms with van der Waals surface area (Å²) >= 11 is 0. The number of amides is 2. The molecular formula is C27H33N7O8. The van der Waals surface area contributed by atoms with Gasteiger partial charge >= 0.3 is 17.9 Å². The third-order valence-electron chi connectivity index (χ3n) is 6.79. The second-order valence-corrected chi connectivity index (χ2v) is 9.86. The van der Waals surface area contributed by atoms with Crippen LogP contribution in [-0.2, 0) is 25.6 Å². The van der Waals surface area contributed by atoms with Crippen LogP contribution in [-0.4, -0.2) is 72.1 Å². The molecule has 15 nitrogen and oxygen atoms in total. The summed E-state index contributed by atoms with van der Waals surface area (Å²) in [4.78, 5) is 69.7. The molecule has 3 rings (SSSR count). The number of nitrogens with one attached hydrogen (secondary N) is 3. The molecule has 224 valence electrons. The Morgan fingerprint density at radius 2 is 1.50 bits per heavy atom. The first-order chi connectivity index (χ1) is 19.8. The monoisotopic (exact) mass is 583 g/mol. The number of aryl methyl sites for hydroxylation is 1. The SMILES string of the molecule is CC(CCc1c[nH]c2nc(N)nc(N)c12)c1ccc(C(=O)N[C@@H](CCC(=O)N[C@@H](CCC(=O)O)C(=O)O)C(=O)O)cc1. The highest BCUT2D eigenvalue weighted by Crippen LogP contribution is 2.27. The van der Waals surface area contributed by atoms with Crippen molar-refractivity contribution in [3.8, 4) is 0 Å². The lowest BCUT2D eigenvalue weighted by molar-refractivity contribution is -0.143. The maximum atomic E-state index is 12.7. The predicted octanol–water partition coefficient (Wildman–Crippen LogP) is 1.26. The first-order valence-corrected chi connectivity index (χ1v) is 13.1. The van der Waals surface area contributed by atoms with Crippen LogP contribution in [0.25, 0.3) is 11.0 Å². The van der Waals surface area contributed by atoms with E-state index in [1.807, 2.05) is 13.1 Å². The van der Waals surface area contributed by atoms with E-state index in [9.17, 15) is 29.1 Å². The number of aromatic amines is 1. The molecule has 0 spiro atoms. The number of rotatable bonds is 15. The fraction of sp³-hybridized carbons (Fsp3) is 0.370. The molecule has 1 aromatic carbocycles. The number of carboxylic acid groups (broad SMARTS) is 3. The second-order valence-electron chi connectivity index (χ2n) is 9.86. The van der Waals surface area contributed by atoms with E-state index in [2.05, 4.69) is 25.6 Å². The average molecular weight is 584 g/mol. The Morgan fingerprint density at radius 3 is 2.12 bits per heavy atom. The van der Waals surface area contributed by atoms with Crippen molar-refractivity contribution < 1.29 is 39.3 Å². The molecule has 0 radical (unpaired) electrons. The van der Waals surface area contributed by atoms with Gasteiger partial charge in [0.15, 0.2) is 0 Å². The lowest BCUT2D eigenvalue weighted by Gasteiger charge is -2.17. The van der Waals surface area contributed by atoms with Gasteiger partial charge in [0.25, 0.3) is 5.91 Å². The summed E-state index contributed by atoms with van der Waals surface area (Å²) in [7, 11) is 0. The van der Waals surface area contributed by atoms with Crippen molar-refractivity contribution in [1.82, 2.24) is 25.6 Å². The maximum absolute atomic E-state index is 12.7. The van der Waals surface area contributed by atoms with E-state index in [0.29, 0.717) is 17.9 Å². The lowest BCUT2D eigenvalue weighted by atomic mass is 9.93. The normalized spacial score (nSPS) is 13.2. The quantitative estimate of drug-likeness (QED) is 0.126. The molecule has 10 N–H and O–H groups in total. The molecule has 1 unspecified atom stereocenters. The van der Waals surface area contributed by atoms with Crippen LogP contribution in [0.3, 0.4) is 0 Å². The molecule has 15 heteroatoms. The predicted molar refractivity (Wildman–Crippen MR) is 150 cm³/mol. The number of hydrogen-bond donors (Lipinski definition) is 8. The molecule has 0 saturated carbocycles. The summed E-state index contributed by atoms with van der Waals surface area (Å²) < 4.78 is 0. The highest BCUT2D eigenvalue weighted by molar-refractivity contribution is 5.96. The standard InChI is InChI=1S/C27H33N7O8/c1-13(2-3-16-12-30-23-21(16)22(28)33-27(29)34-23)14-4-6-15(7-5-14)24(38)32-18(26(41)42)8-10-19(35)31-17(25(39)40)9-11-20(36)37/h4-7,12-13,17-18H,2-3,8-11H2,1H3,(H,31,35)(H,32,38)(H,36,37)(H,39,40)(H,41,42)(H5,28,29,30,33,34)/t13?,17-,18-/m0/s1. The van der Waals surface area contributed by atoms with Gasteiger partial charge in [-0.25, -0.2) is 9.59 Å². The summed E-state index contributed by atoms with van der Waals surface area (Å²) in [6.07, 6.45) is 1.77. The molecule has 3 atom stereocenters. The van der Waals surface area contributed by atoms with Crippen LogP contribution in [0.2, 0.25) is 0 Å². The van der Waals surface area contributed by atoms with Gasteiger partial charge in [0.1, 0.15) is 23.5 Å². The van der Waals surface area contributed by atoms with Crippen molar-refractivity contribution in [2.75, 3.05) is 11.5 Å². The molecule has 3 aromatic rings. The van der Waals surface area contributed by atoms with E-state index in [1.165, 1.54) is 0 Å². The number of aromatic nitrogens is 3. The van der Waals surface area contributed by atoms with Gasteiger partial charge in [0, 0.05) is 24.6 Å². The Labute approximate surface area is 239 Å². The third-order valence-corrected chi connectivity index (χ3v) is 6.79. The number of nitrogens with zero attached hydrogens (tertiary/aromatic N) is 2. The number of anilines is 2. The van der Waals surface area contributed by atoms with Crippen LogP contribution in [0.4, 0.5) is 11.8 Å². The van der Waals surface area contributed by atoms with Crippen LogP contribution in [0.15, 0.2) is 30.5 Å². The highest BCUT2D eigenvalue weighted by Gasteiger charge is 2.25. The highest BCUT2D eigenvalue weighted by atomic mass is 16.4. The topological polar surface area (TPSA) is 264 Å². The van der Waals surface area contributed by atoms with Crippen molar-refractivity contribution in [2.45, 2.75) is 63.5 Å². The summed E-state index contributed by atoms with van der Waals surface area (Å²) in [5, 5.41) is 32.7. The Morgan fingerprint density at radius 1 is 0.881 bits per heavy atom. The zero-order valence-corrected chi connectivity index (χ0v) is 22.8. The van der Waals surface area contributed by atoms with Gasteiger partial charge in [-0.3, -0.25) is 14.4 Å². The van der Waals surface area contributed by atoms with Gasteiger partial charge in [-0.05, 0) is 54.9 Å². The van der Waals surface area contributed by atoms with Gasteiger partial charge in [-0.1, -0.05) is 19.1 Å². The summed E-state index contributed by atoms with van der Waals surface area (Å²) in [6, 6.07) is 3.87. The fourth-order valence-corrected chi connectivity index (χ4v) is 4.41. The van der Waals surface area contributed by atoms with E-state index in [-0.39, 0.29) is 30.3 Å². The third kappa shape index (κ3) is 8.39. The van der Waals surface area contributed by atoms with Crippen LogP contribution >= 0.6 is 0 Å². The number of benzene rings is 1. The van der Waals surface area contributed by atoms with Gasteiger partial charge in [-0.15, -0.1) is 0 Å². The van der Waals surface area contributed by atoms with E-state index >= 15 is 0 Å². The number of hydrogen-bond acceptors (Lipinski definition) is 9. The maximum Gasteiger partial charge on any atom is 0.326 e. The summed E-state index contributed by atoms with van der Waals surface area (Å²) in [5.74, 6) is -4.93. The van der Waals surface area contributed by atoms with E-state index in [0.717, 1.165) is 22.9 Å². The van der Waals surface area contributed by atoms with Crippen molar-refractivity contribution in [1.29, 1.82) is 0 Å². The number of carboxylic acids is 3. The fourth-order valence-electron chi connectivity index (χ4n) is 4.41. The lowest BCUT2D eigenvalue weighted by Crippen LogP contribution is -2.44. The second kappa shape index (κ2) is 13.9. The number of nitrogens with two attached hydrogens (primary N) is 2. The first kappa shape index (κ1) is 31.3. The number of aliphatic carboxylic acids is 3. The van der Waals surface area contributed by atoms with Gasteiger partial charge in [-0.2, -0.15) is 9.97 Å². The molecule has 0 aliphatic rings. The van der Waals surface area contributed by atoms with E-state index < -0.39 is 54.6 Å². The van der Waals surface area contributed by atoms with Crippen LogP contribution in [0.5, 0.6) is 0 Å². The molecule has 0 aliphatic carbocycles. The summed E-state index contributed by atoms with van der Waals surface area (Å²) in [5.41, 5.74) is 14.4. The molecular weight excluding hydrogens is 550 g/mol. The van der Waals surface area contributed by atoms with Crippen LogP contribution in [0.1, 0.15) is 66.4 Å². The van der Waals surface area contributed by atoms with E-state index in [4.69, 9.17) is 21.7 Å². The largest absolute Gasteiger partial charge is 0.481 e. The molecule has 42 heavy (non-hydrogen) atoms. The molecule has 2 amide bonds. The van der Waals surface area contributed by atoms with E-state index in [1.54, 1.807) is 24.3 Å². The Balaban J connectivity index is 1.54. The van der Waals surface area contributed by atoms with Crippen molar-refractivity contribution >= 4 is 52.5 Å². The van der Waals surface area contributed by atoms with Gasteiger partial charge < -0.3 is 42.4 Å². The number of fused-ring (bicyclic) bond motifs is 1. The number of nitrogen functional groups attached to an aromatic ring is 2.